The Hall–Kier alpha value is -1.27. The monoisotopic (exact) mass is 259 g/mol. The lowest BCUT2D eigenvalue weighted by Gasteiger charge is -2.07. The van der Waals surface area contributed by atoms with E-state index in [-0.39, 0.29) is 11.6 Å². The van der Waals surface area contributed by atoms with E-state index in [0.29, 0.717) is 17.1 Å². The molecule has 4 nitrogen and oxygen atoms in total. The molecule has 1 aromatic rings. The predicted molar refractivity (Wildman–Crippen MR) is 64.7 cm³/mol. The van der Waals surface area contributed by atoms with Crippen LogP contribution in [0.2, 0.25) is 0 Å². The Bertz CT molecular complexity index is 400. The number of carboxylic acids is 1. The minimum Gasteiger partial charge on any atom is -0.497 e. The van der Waals surface area contributed by atoms with Crippen LogP contribution in [0.1, 0.15) is 5.56 Å². The van der Waals surface area contributed by atoms with Crippen LogP contribution in [0.4, 0.5) is 4.39 Å². The van der Waals surface area contributed by atoms with Crippen molar-refractivity contribution < 1.29 is 19.0 Å². The molecule has 1 rings (SSSR count). The third kappa shape index (κ3) is 4.24. The van der Waals surface area contributed by atoms with Gasteiger partial charge < -0.3 is 15.6 Å². The molecule has 0 spiro atoms. The summed E-state index contributed by atoms with van der Waals surface area (Å²) in [4.78, 5) is 10.5. The number of halogens is 1. The van der Waals surface area contributed by atoms with Crippen molar-refractivity contribution in [3.05, 3.63) is 29.6 Å². The van der Waals surface area contributed by atoms with E-state index in [0.717, 1.165) is 0 Å². The number of hydrogen-bond donors (Lipinski definition) is 2. The van der Waals surface area contributed by atoms with Crippen molar-refractivity contribution in [2.24, 2.45) is 5.73 Å². The molecule has 6 heteroatoms. The third-order valence-corrected chi connectivity index (χ3v) is 3.24. The van der Waals surface area contributed by atoms with Crippen molar-refractivity contribution in [1.82, 2.24) is 0 Å². The molecule has 0 radical (unpaired) electrons. The lowest BCUT2D eigenvalue weighted by Crippen LogP contribution is -2.32. The molecule has 0 aliphatic heterocycles. The Balaban J connectivity index is 2.49. The minimum atomic E-state index is -1.05. The number of thioether (sulfide) groups is 1. The molecule has 0 heterocycles. The summed E-state index contributed by atoms with van der Waals surface area (Å²) in [6.45, 7) is 0. The molecule has 0 amide bonds. The van der Waals surface area contributed by atoms with E-state index in [2.05, 4.69) is 0 Å². The molecule has 1 unspecified atom stereocenters. The topological polar surface area (TPSA) is 72.5 Å². The Labute approximate surface area is 103 Å². The van der Waals surface area contributed by atoms with Gasteiger partial charge in [-0.3, -0.25) is 4.79 Å². The van der Waals surface area contributed by atoms with E-state index in [1.165, 1.54) is 24.9 Å². The van der Waals surface area contributed by atoms with Gasteiger partial charge in [0.05, 0.1) is 7.11 Å². The third-order valence-electron chi connectivity index (χ3n) is 2.13. The van der Waals surface area contributed by atoms with Crippen molar-refractivity contribution in [2.75, 3.05) is 12.9 Å². The van der Waals surface area contributed by atoms with Crippen molar-refractivity contribution >= 4 is 17.7 Å². The van der Waals surface area contributed by atoms with E-state index in [9.17, 15) is 9.18 Å². The highest BCUT2D eigenvalue weighted by atomic mass is 32.2. The molecule has 0 aliphatic carbocycles. The SMILES string of the molecule is COc1ccc(CSCC(N)C(=O)O)c(F)c1. The number of methoxy groups -OCH3 is 1. The molecular formula is C11H14FNO3S. The van der Waals surface area contributed by atoms with Gasteiger partial charge in [-0.25, -0.2) is 4.39 Å². The fourth-order valence-corrected chi connectivity index (χ4v) is 2.11. The normalized spacial score (nSPS) is 12.2. The first-order valence-corrected chi connectivity index (χ1v) is 6.08. The quantitative estimate of drug-likeness (QED) is 0.809. The lowest BCUT2D eigenvalue weighted by molar-refractivity contribution is -0.137. The smallest absolute Gasteiger partial charge is 0.321 e. The highest BCUT2D eigenvalue weighted by Gasteiger charge is 2.11. The zero-order valence-corrected chi connectivity index (χ0v) is 10.2. The number of benzene rings is 1. The second kappa shape index (κ2) is 6.46. The number of hydrogen-bond acceptors (Lipinski definition) is 4. The second-order valence-corrected chi connectivity index (χ2v) is 4.45. The molecule has 94 valence electrons. The van der Waals surface area contributed by atoms with E-state index >= 15 is 0 Å². The van der Waals surface area contributed by atoms with Crippen molar-refractivity contribution in [3.63, 3.8) is 0 Å². The number of nitrogens with two attached hydrogens (primary N) is 1. The van der Waals surface area contributed by atoms with E-state index in [4.69, 9.17) is 15.6 Å². The van der Waals surface area contributed by atoms with Gasteiger partial charge in [-0.05, 0) is 11.6 Å². The summed E-state index contributed by atoms with van der Waals surface area (Å²) in [6, 6.07) is 3.66. The first kappa shape index (κ1) is 13.8. The average molecular weight is 259 g/mol. The molecule has 3 N–H and O–H groups in total. The van der Waals surface area contributed by atoms with Crippen molar-refractivity contribution in [1.29, 1.82) is 0 Å². The van der Waals surface area contributed by atoms with Gasteiger partial charge in [0.25, 0.3) is 0 Å². The summed E-state index contributed by atoms with van der Waals surface area (Å²) in [5, 5.41) is 8.57. The van der Waals surface area contributed by atoms with Crippen LogP contribution in [-0.4, -0.2) is 30.0 Å². The lowest BCUT2D eigenvalue weighted by atomic mass is 10.2. The minimum absolute atomic E-state index is 0.251. The molecule has 0 aromatic heterocycles. The maximum Gasteiger partial charge on any atom is 0.321 e. The Morgan fingerprint density at radius 3 is 2.88 bits per heavy atom. The molecule has 0 aliphatic rings. The number of carboxylic acid groups (broad SMARTS) is 1. The summed E-state index contributed by atoms with van der Waals surface area (Å²) in [5.74, 6) is -0.315. The summed E-state index contributed by atoms with van der Waals surface area (Å²) in [5.41, 5.74) is 5.84. The summed E-state index contributed by atoms with van der Waals surface area (Å²) in [7, 11) is 1.47. The van der Waals surface area contributed by atoms with E-state index in [1.54, 1.807) is 12.1 Å². The van der Waals surface area contributed by atoms with Crippen LogP contribution in [0.25, 0.3) is 0 Å². The first-order valence-electron chi connectivity index (χ1n) is 4.93. The largest absolute Gasteiger partial charge is 0.497 e. The van der Waals surface area contributed by atoms with Gasteiger partial charge in [0.1, 0.15) is 17.6 Å². The molecular weight excluding hydrogens is 245 g/mol. The molecule has 1 aromatic carbocycles. The van der Waals surface area contributed by atoms with Crippen molar-refractivity contribution in [3.8, 4) is 5.75 Å². The average Bonchev–Trinajstić information content (AvgIpc) is 2.30. The molecule has 0 saturated heterocycles. The highest BCUT2D eigenvalue weighted by molar-refractivity contribution is 7.98. The van der Waals surface area contributed by atoms with E-state index < -0.39 is 12.0 Å². The summed E-state index contributed by atoms with van der Waals surface area (Å²) < 4.78 is 18.4. The van der Waals surface area contributed by atoms with Crippen LogP contribution >= 0.6 is 11.8 Å². The van der Waals surface area contributed by atoms with Gasteiger partial charge in [0.2, 0.25) is 0 Å². The number of carbonyl (C=O) groups is 1. The Morgan fingerprint density at radius 2 is 2.35 bits per heavy atom. The van der Waals surface area contributed by atoms with Crippen LogP contribution in [0, 0.1) is 5.82 Å². The number of aliphatic carboxylic acids is 1. The zero-order valence-electron chi connectivity index (χ0n) is 9.35. The van der Waals surface area contributed by atoms with Crippen LogP contribution in [-0.2, 0) is 10.5 Å². The molecule has 1 atom stereocenters. The van der Waals surface area contributed by atoms with E-state index in [1.807, 2.05) is 0 Å². The van der Waals surface area contributed by atoms with Crippen molar-refractivity contribution in [2.45, 2.75) is 11.8 Å². The van der Waals surface area contributed by atoms with Gasteiger partial charge in [-0.15, -0.1) is 0 Å². The molecule has 0 saturated carbocycles. The highest BCUT2D eigenvalue weighted by Crippen LogP contribution is 2.20. The van der Waals surface area contributed by atoms with Crippen LogP contribution < -0.4 is 10.5 Å². The van der Waals surface area contributed by atoms with Crippen LogP contribution in [0.5, 0.6) is 5.75 Å². The van der Waals surface area contributed by atoms with Gasteiger partial charge >= 0.3 is 5.97 Å². The molecule has 0 fully saturated rings. The predicted octanol–water partition coefficient (Wildman–Crippen LogP) is 1.48. The first-order chi connectivity index (χ1) is 8.04. The van der Waals surface area contributed by atoms with Gasteiger partial charge in [0.15, 0.2) is 0 Å². The fourth-order valence-electron chi connectivity index (χ4n) is 1.14. The van der Waals surface area contributed by atoms with Gasteiger partial charge in [0, 0.05) is 17.6 Å². The standard InChI is InChI=1S/C11H14FNO3S/c1-16-8-3-2-7(9(12)4-8)5-17-6-10(13)11(14)15/h2-4,10H,5-6,13H2,1H3,(H,14,15). The number of rotatable bonds is 6. The Kier molecular flexibility index (Phi) is 5.24. The molecule has 17 heavy (non-hydrogen) atoms. The fraction of sp³-hybridized carbons (Fsp3) is 0.364. The van der Waals surface area contributed by atoms with Gasteiger partial charge in [-0.1, -0.05) is 6.07 Å². The molecule has 0 bridgehead atoms. The van der Waals surface area contributed by atoms with Crippen LogP contribution in [0.3, 0.4) is 0 Å². The maximum absolute atomic E-state index is 13.5. The summed E-state index contributed by atoms with van der Waals surface area (Å²) >= 11 is 1.28. The Morgan fingerprint density at radius 1 is 1.65 bits per heavy atom. The van der Waals surface area contributed by atoms with Gasteiger partial charge in [-0.2, -0.15) is 11.8 Å². The number of ether oxygens (including phenoxy) is 1. The van der Waals surface area contributed by atoms with Crippen LogP contribution in [0.15, 0.2) is 18.2 Å². The summed E-state index contributed by atoms with van der Waals surface area (Å²) in [6.07, 6.45) is 0. The zero-order chi connectivity index (χ0) is 12.8. The second-order valence-electron chi connectivity index (χ2n) is 3.42. The maximum atomic E-state index is 13.5.